The molecule has 2 aliphatic heterocycles. The minimum atomic E-state index is -0.189. The summed E-state index contributed by atoms with van der Waals surface area (Å²) in [5.41, 5.74) is 4.12. The molecule has 166 valence electrons. The van der Waals surface area contributed by atoms with Crippen LogP contribution >= 0.6 is 0 Å². The van der Waals surface area contributed by atoms with Crippen LogP contribution in [0.3, 0.4) is 0 Å². The van der Waals surface area contributed by atoms with Crippen LogP contribution in [-0.4, -0.2) is 70.2 Å². The molecule has 3 heterocycles. The van der Waals surface area contributed by atoms with Crippen molar-refractivity contribution in [2.24, 2.45) is 0 Å². The molecule has 2 aliphatic rings. The fourth-order valence-electron chi connectivity index (χ4n) is 4.66. The Morgan fingerprint density at radius 3 is 2.48 bits per heavy atom. The Balaban J connectivity index is 1.34. The minimum Gasteiger partial charge on any atom is -0.372 e. The molecule has 0 aliphatic carbocycles. The first-order valence-electron chi connectivity index (χ1n) is 10.9. The Morgan fingerprint density at radius 1 is 1.16 bits per heavy atom. The summed E-state index contributed by atoms with van der Waals surface area (Å²) in [5, 5.41) is 9.87. The van der Waals surface area contributed by atoms with Crippen molar-refractivity contribution in [2.45, 2.75) is 45.8 Å². The van der Waals surface area contributed by atoms with Crippen molar-refractivity contribution in [1.82, 2.24) is 20.0 Å². The van der Waals surface area contributed by atoms with Gasteiger partial charge in [-0.1, -0.05) is 12.1 Å². The summed E-state index contributed by atoms with van der Waals surface area (Å²) in [4.78, 5) is 28.5. The van der Waals surface area contributed by atoms with E-state index in [1.807, 2.05) is 30.9 Å². The number of nitrogens with one attached hydrogen (secondary N) is 2. The van der Waals surface area contributed by atoms with Crippen LogP contribution in [0.2, 0.25) is 0 Å². The third kappa shape index (κ3) is 4.80. The number of aromatic nitrogens is 2. The van der Waals surface area contributed by atoms with Gasteiger partial charge in [-0.2, -0.15) is 5.10 Å². The van der Waals surface area contributed by atoms with Crippen LogP contribution in [0.1, 0.15) is 47.1 Å². The topological polar surface area (TPSA) is 90.6 Å². The highest BCUT2D eigenvalue weighted by atomic mass is 16.5. The highest BCUT2D eigenvalue weighted by Crippen LogP contribution is 2.31. The van der Waals surface area contributed by atoms with Crippen LogP contribution in [0.5, 0.6) is 0 Å². The van der Waals surface area contributed by atoms with Crippen molar-refractivity contribution in [3.05, 3.63) is 46.8 Å². The van der Waals surface area contributed by atoms with E-state index in [2.05, 4.69) is 32.5 Å². The van der Waals surface area contributed by atoms with E-state index < -0.39 is 0 Å². The molecule has 31 heavy (non-hydrogen) atoms. The summed E-state index contributed by atoms with van der Waals surface area (Å²) in [6.07, 6.45) is 1.68. The first-order valence-corrected chi connectivity index (χ1v) is 10.9. The van der Waals surface area contributed by atoms with E-state index in [9.17, 15) is 9.59 Å². The van der Waals surface area contributed by atoms with Crippen molar-refractivity contribution in [1.29, 1.82) is 0 Å². The number of aryl methyl sites for hydroxylation is 2. The predicted octanol–water partition coefficient (Wildman–Crippen LogP) is 2.49. The number of likely N-dealkylation sites (tertiary alicyclic amines) is 1. The van der Waals surface area contributed by atoms with Crippen molar-refractivity contribution in [3.8, 4) is 0 Å². The molecule has 2 fully saturated rings. The van der Waals surface area contributed by atoms with Gasteiger partial charge < -0.3 is 15.0 Å². The number of benzene rings is 1. The molecule has 1 aromatic heterocycles. The molecule has 0 bridgehead atoms. The molecule has 1 spiro atoms. The minimum absolute atomic E-state index is 0.0607. The number of morpholine rings is 1. The van der Waals surface area contributed by atoms with E-state index in [1.165, 1.54) is 12.5 Å². The van der Waals surface area contributed by atoms with Gasteiger partial charge in [-0.05, 0) is 44.4 Å². The van der Waals surface area contributed by atoms with Gasteiger partial charge in [0.15, 0.2) is 0 Å². The molecule has 0 atom stereocenters. The summed E-state index contributed by atoms with van der Waals surface area (Å²) in [5.74, 6) is -0.00342. The van der Waals surface area contributed by atoms with Crippen molar-refractivity contribution in [3.63, 3.8) is 0 Å². The molecule has 2 saturated heterocycles. The average Bonchev–Trinajstić information content (AvgIpc) is 3.07. The number of piperidine rings is 1. The van der Waals surface area contributed by atoms with Gasteiger partial charge in [0.1, 0.15) is 0 Å². The summed E-state index contributed by atoms with van der Waals surface area (Å²) in [6.45, 7) is 9.98. The molecule has 0 saturated carbocycles. The highest BCUT2D eigenvalue weighted by Gasteiger charge is 2.41. The summed E-state index contributed by atoms with van der Waals surface area (Å²) in [6, 6.07) is 8.00. The number of aromatic amines is 1. The molecular weight excluding hydrogens is 394 g/mol. The number of H-pyrrole nitrogens is 1. The van der Waals surface area contributed by atoms with Crippen molar-refractivity contribution >= 4 is 17.5 Å². The standard InChI is InChI=1S/C23H31N5O3/c1-16-21(17(2)26-25-16)22(30)28-10-8-23(9-11-28)15-27(12-13-31-23)14-19-4-6-20(7-5-19)24-18(3)29/h4-7H,8-15H2,1-3H3,(H,24,29)(H,25,26). The first kappa shape index (κ1) is 21.5. The lowest BCUT2D eigenvalue weighted by atomic mass is 9.88. The van der Waals surface area contributed by atoms with Gasteiger partial charge in [-0.15, -0.1) is 0 Å². The Labute approximate surface area is 182 Å². The van der Waals surface area contributed by atoms with Gasteiger partial charge in [0, 0.05) is 51.0 Å². The largest absolute Gasteiger partial charge is 0.372 e. The van der Waals surface area contributed by atoms with E-state index >= 15 is 0 Å². The number of nitrogens with zero attached hydrogens (tertiary/aromatic N) is 3. The van der Waals surface area contributed by atoms with Crippen molar-refractivity contribution in [2.75, 3.05) is 38.1 Å². The average molecular weight is 426 g/mol. The van der Waals surface area contributed by atoms with E-state index in [0.29, 0.717) is 25.3 Å². The smallest absolute Gasteiger partial charge is 0.257 e. The van der Waals surface area contributed by atoms with Crippen LogP contribution in [0.4, 0.5) is 5.69 Å². The maximum Gasteiger partial charge on any atom is 0.257 e. The maximum atomic E-state index is 13.0. The fourth-order valence-corrected chi connectivity index (χ4v) is 4.66. The van der Waals surface area contributed by atoms with Gasteiger partial charge in [0.2, 0.25) is 5.91 Å². The molecule has 8 nitrogen and oxygen atoms in total. The third-order valence-corrected chi connectivity index (χ3v) is 6.31. The highest BCUT2D eigenvalue weighted by molar-refractivity contribution is 5.96. The fraction of sp³-hybridized carbons (Fsp3) is 0.522. The molecule has 1 aromatic carbocycles. The normalized spacial score (nSPS) is 18.9. The first-order chi connectivity index (χ1) is 14.8. The number of hydrogen-bond acceptors (Lipinski definition) is 5. The lowest BCUT2D eigenvalue weighted by Gasteiger charge is -2.47. The Hall–Kier alpha value is -2.71. The molecular formula is C23H31N5O3. The summed E-state index contributed by atoms with van der Waals surface area (Å²) >= 11 is 0. The second-order valence-corrected chi connectivity index (χ2v) is 8.72. The molecule has 0 radical (unpaired) electrons. The zero-order valence-corrected chi connectivity index (χ0v) is 18.5. The summed E-state index contributed by atoms with van der Waals surface area (Å²) < 4.78 is 6.26. The van der Waals surface area contributed by atoms with Crippen LogP contribution in [-0.2, 0) is 16.1 Å². The molecule has 0 unspecified atom stereocenters. The number of anilines is 1. The van der Waals surface area contributed by atoms with E-state index in [4.69, 9.17) is 4.74 Å². The number of carbonyl (C=O) groups excluding carboxylic acids is 2. The summed E-state index contributed by atoms with van der Waals surface area (Å²) in [7, 11) is 0. The van der Waals surface area contributed by atoms with E-state index in [-0.39, 0.29) is 17.4 Å². The van der Waals surface area contributed by atoms with Crippen LogP contribution in [0.15, 0.2) is 24.3 Å². The van der Waals surface area contributed by atoms with Crippen LogP contribution in [0.25, 0.3) is 0 Å². The SMILES string of the molecule is CC(=O)Nc1ccc(CN2CCOC3(CCN(C(=O)c4c(C)n[nH]c4C)CC3)C2)cc1. The third-order valence-electron chi connectivity index (χ3n) is 6.31. The monoisotopic (exact) mass is 425 g/mol. The molecule has 8 heteroatoms. The second-order valence-electron chi connectivity index (χ2n) is 8.72. The van der Waals surface area contributed by atoms with Crippen LogP contribution < -0.4 is 5.32 Å². The zero-order chi connectivity index (χ0) is 22.0. The van der Waals surface area contributed by atoms with E-state index in [1.54, 1.807) is 0 Å². The maximum absolute atomic E-state index is 13.0. The second kappa shape index (κ2) is 8.80. The number of amides is 2. The molecule has 2 amide bonds. The van der Waals surface area contributed by atoms with Gasteiger partial charge in [0.25, 0.3) is 5.91 Å². The predicted molar refractivity (Wildman–Crippen MR) is 118 cm³/mol. The molecule has 2 N–H and O–H groups in total. The number of hydrogen-bond donors (Lipinski definition) is 2. The Kier molecular flexibility index (Phi) is 6.11. The van der Waals surface area contributed by atoms with Gasteiger partial charge in [-0.3, -0.25) is 19.6 Å². The zero-order valence-electron chi connectivity index (χ0n) is 18.5. The quantitative estimate of drug-likeness (QED) is 0.786. The van der Waals surface area contributed by atoms with E-state index in [0.717, 1.165) is 49.6 Å². The lowest BCUT2D eigenvalue weighted by Crippen LogP contribution is -2.57. The number of carbonyl (C=O) groups is 2. The number of rotatable bonds is 4. The Bertz CT molecular complexity index is 925. The molecule has 2 aromatic rings. The molecule has 4 rings (SSSR count). The van der Waals surface area contributed by atoms with Gasteiger partial charge >= 0.3 is 0 Å². The van der Waals surface area contributed by atoms with Gasteiger partial charge in [-0.25, -0.2) is 0 Å². The number of ether oxygens (including phenoxy) is 1. The Morgan fingerprint density at radius 2 is 1.87 bits per heavy atom. The van der Waals surface area contributed by atoms with Crippen LogP contribution in [0, 0.1) is 13.8 Å². The van der Waals surface area contributed by atoms with Crippen molar-refractivity contribution < 1.29 is 14.3 Å². The lowest BCUT2D eigenvalue weighted by molar-refractivity contribution is -0.134. The van der Waals surface area contributed by atoms with Gasteiger partial charge in [0.05, 0.1) is 23.5 Å².